The minimum Gasteiger partial charge on any atom is -0.394 e. The van der Waals surface area contributed by atoms with Gasteiger partial charge in [-0.25, -0.2) is 0 Å². The number of benzene rings is 1. The number of hydrogen-bond donors (Lipinski definition) is 7. The van der Waals surface area contributed by atoms with E-state index in [9.17, 15) is 41.0 Å². The van der Waals surface area contributed by atoms with Crippen molar-refractivity contribution in [1.29, 1.82) is 5.26 Å². The third kappa shape index (κ3) is 5.25. The number of nitriles is 1. The van der Waals surface area contributed by atoms with Gasteiger partial charge in [0.25, 0.3) is 0 Å². The van der Waals surface area contributed by atoms with E-state index in [1.165, 1.54) is 0 Å². The van der Waals surface area contributed by atoms with E-state index in [-0.39, 0.29) is 0 Å². The molecule has 0 aliphatic carbocycles. The van der Waals surface area contributed by atoms with Crippen LogP contribution in [-0.4, -0.2) is 110 Å². The van der Waals surface area contributed by atoms with Crippen LogP contribution >= 0.6 is 0 Å². The molecule has 2 heterocycles. The Bertz CT molecular complexity index is 760. The van der Waals surface area contributed by atoms with Crippen LogP contribution in [0, 0.1) is 11.3 Å². The molecule has 32 heavy (non-hydrogen) atoms. The molecule has 0 radical (unpaired) electrons. The van der Waals surface area contributed by atoms with Gasteiger partial charge in [-0.3, -0.25) is 0 Å². The second-order valence-corrected chi connectivity index (χ2v) is 7.60. The fourth-order valence-electron chi connectivity index (χ4n) is 3.51. The molecule has 1 unspecified atom stereocenters. The zero-order chi connectivity index (χ0) is 23.4. The van der Waals surface area contributed by atoms with Crippen molar-refractivity contribution in [1.82, 2.24) is 0 Å². The summed E-state index contributed by atoms with van der Waals surface area (Å²) in [6.45, 7) is -1.14. The number of nitrogens with zero attached hydrogens (tertiary/aromatic N) is 1. The minimum absolute atomic E-state index is 0.487. The van der Waals surface area contributed by atoms with Gasteiger partial charge in [0.1, 0.15) is 48.8 Å². The normalized spacial score (nSPS) is 41.1. The largest absolute Gasteiger partial charge is 0.394 e. The summed E-state index contributed by atoms with van der Waals surface area (Å²) in [6, 6.07) is 10.3. The zero-order valence-corrected chi connectivity index (χ0v) is 16.9. The van der Waals surface area contributed by atoms with Gasteiger partial charge < -0.3 is 54.7 Å². The SMILES string of the molecule is N#C[C@H](O[C@@H]1O[C@H](CO[C@@H]2OC(CO)[C@@H](O)[C@H](O)[C@H]2O)[C@@H](O)[C@H](O)[C@H]1O)c1ccccc1. The lowest BCUT2D eigenvalue weighted by Gasteiger charge is -2.43. The van der Waals surface area contributed by atoms with E-state index in [4.69, 9.17) is 18.9 Å². The third-order valence-electron chi connectivity index (χ3n) is 5.43. The monoisotopic (exact) mass is 457 g/mol. The summed E-state index contributed by atoms with van der Waals surface area (Å²) in [4.78, 5) is 0. The summed E-state index contributed by atoms with van der Waals surface area (Å²) in [7, 11) is 0. The molecule has 178 valence electrons. The average molecular weight is 457 g/mol. The highest BCUT2D eigenvalue weighted by Crippen LogP contribution is 2.28. The van der Waals surface area contributed by atoms with Crippen molar-refractivity contribution in [2.75, 3.05) is 13.2 Å². The van der Waals surface area contributed by atoms with Gasteiger partial charge in [0, 0.05) is 0 Å². The van der Waals surface area contributed by atoms with Gasteiger partial charge in [-0.2, -0.15) is 5.26 Å². The number of rotatable bonds is 7. The number of aliphatic hydroxyl groups is 7. The Hall–Kier alpha value is -1.73. The lowest BCUT2D eigenvalue weighted by molar-refractivity contribution is -0.334. The van der Waals surface area contributed by atoms with Crippen molar-refractivity contribution in [3.8, 4) is 6.07 Å². The van der Waals surface area contributed by atoms with Crippen LogP contribution in [0.2, 0.25) is 0 Å². The van der Waals surface area contributed by atoms with Gasteiger partial charge in [-0.15, -0.1) is 0 Å². The third-order valence-corrected chi connectivity index (χ3v) is 5.43. The summed E-state index contributed by atoms with van der Waals surface area (Å²) in [5, 5.41) is 79.1. The van der Waals surface area contributed by atoms with Gasteiger partial charge in [-0.1, -0.05) is 30.3 Å². The molecule has 0 spiro atoms. The van der Waals surface area contributed by atoms with Crippen molar-refractivity contribution in [3.63, 3.8) is 0 Å². The van der Waals surface area contributed by atoms with E-state index in [1.807, 2.05) is 6.07 Å². The van der Waals surface area contributed by atoms with Gasteiger partial charge in [0.2, 0.25) is 0 Å². The molecule has 0 aromatic heterocycles. The van der Waals surface area contributed by atoms with E-state index in [2.05, 4.69) is 0 Å². The molecule has 0 saturated carbocycles. The molecule has 2 saturated heterocycles. The highest BCUT2D eigenvalue weighted by atomic mass is 16.7. The average Bonchev–Trinajstić information content (AvgIpc) is 2.81. The molecular weight excluding hydrogens is 430 g/mol. The van der Waals surface area contributed by atoms with Crippen LogP contribution in [0.15, 0.2) is 30.3 Å². The predicted molar refractivity (Wildman–Crippen MR) is 102 cm³/mol. The molecular formula is C20H27NO11. The first kappa shape index (κ1) is 24.9. The molecule has 0 amide bonds. The van der Waals surface area contributed by atoms with Gasteiger partial charge >= 0.3 is 0 Å². The molecule has 12 heteroatoms. The van der Waals surface area contributed by atoms with Gasteiger partial charge in [0.15, 0.2) is 18.7 Å². The van der Waals surface area contributed by atoms with Crippen molar-refractivity contribution in [2.45, 2.75) is 67.5 Å². The predicted octanol–water partition coefficient (Wildman–Crippen LogP) is -3.11. The highest BCUT2D eigenvalue weighted by Gasteiger charge is 2.48. The Morgan fingerprint density at radius 1 is 0.812 bits per heavy atom. The van der Waals surface area contributed by atoms with Crippen LogP contribution < -0.4 is 0 Å². The van der Waals surface area contributed by atoms with E-state index in [1.54, 1.807) is 30.3 Å². The molecule has 2 aliphatic heterocycles. The Morgan fingerprint density at radius 3 is 1.97 bits per heavy atom. The summed E-state index contributed by atoms with van der Waals surface area (Å²) in [5.41, 5.74) is 0.487. The Kier molecular flexibility index (Phi) is 8.50. The highest BCUT2D eigenvalue weighted by molar-refractivity contribution is 5.22. The first-order valence-electron chi connectivity index (χ1n) is 10.00. The summed E-state index contributed by atoms with van der Waals surface area (Å²) < 4.78 is 21.6. The number of ether oxygens (including phenoxy) is 4. The molecule has 11 atom stereocenters. The van der Waals surface area contributed by atoms with Crippen molar-refractivity contribution in [3.05, 3.63) is 35.9 Å². The molecule has 3 rings (SSSR count). The van der Waals surface area contributed by atoms with Crippen LogP contribution in [0.25, 0.3) is 0 Å². The maximum absolute atomic E-state index is 10.3. The maximum Gasteiger partial charge on any atom is 0.188 e. The Balaban J connectivity index is 1.65. The van der Waals surface area contributed by atoms with E-state index in [0.29, 0.717) is 5.56 Å². The molecule has 2 aliphatic rings. The second-order valence-electron chi connectivity index (χ2n) is 7.60. The smallest absolute Gasteiger partial charge is 0.188 e. The number of aliphatic hydroxyl groups excluding tert-OH is 7. The number of hydrogen-bond acceptors (Lipinski definition) is 12. The van der Waals surface area contributed by atoms with Crippen LogP contribution in [0.3, 0.4) is 0 Å². The van der Waals surface area contributed by atoms with E-state index < -0.39 is 80.7 Å². The minimum atomic E-state index is -1.70. The molecule has 7 N–H and O–H groups in total. The Labute approximate surface area is 183 Å². The van der Waals surface area contributed by atoms with E-state index >= 15 is 0 Å². The summed E-state index contributed by atoms with van der Waals surface area (Å²) in [6.07, 6.45) is -16.5. The molecule has 1 aromatic carbocycles. The topological polar surface area (TPSA) is 202 Å². The first-order valence-corrected chi connectivity index (χ1v) is 10.00. The van der Waals surface area contributed by atoms with Gasteiger partial charge in [-0.05, 0) is 5.56 Å². The van der Waals surface area contributed by atoms with Gasteiger partial charge in [0.05, 0.1) is 19.3 Å². The molecule has 0 bridgehead atoms. The maximum atomic E-state index is 10.3. The van der Waals surface area contributed by atoms with Crippen molar-refractivity contribution >= 4 is 0 Å². The Morgan fingerprint density at radius 2 is 1.38 bits per heavy atom. The van der Waals surface area contributed by atoms with Crippen LogP contribution in [0.5, 0.6) is 0 Å². The lowest BCUT2D eigenvalue weighted by atomic mass is 9.98. The van der Waals surface area contributed by atoms with E-state index in [0.717, 1.165) is 0 Å². The molecule has 1 aromatic rings. The zero-order valence-electron chi connectivity index (χ0n) is 16.9. The fraction of sp³-hybridized carbons (Fsp3) is 0.650. The quantitative estimate of drug-likeness (QED) is 0.218. The molecule has 12 nitrogen and oxygen atoms in total. The first-order chi connectivity index (χ1) is 15.3. The standard InChI is InChI=1S/C20H27NO11/c21-6-10(9-4-2-1-3-5-9)30-20-18(28)16(26)14(24)12(32-20)8-29-19-17(27)15(25)13(23)11(7-22)31-19/h1-5,10-20,22-28H,7-8H2/t10-,11?,12+,13+,14+,15-,16-,17+,18+,19+,20+/m0/s1. The van der Waals surface area contributed by atoms with Crippen molar-refractivity contribution in [2.24, 2.45) is 0 Å². The van der Waals surface area contributed by atoms with Crippen molar-refractivity contribution < 1.29 is 54.7 Å². The van der Waals surface area contributed by atoms with Crippen LogP contribution in [-0.2, 0) is 18.9 Å². The molecule has 2 fully saturated rings. The second kappa shape index (κ2) is 10.9. The van der Waals surface area contributed by atoms with Crippen LogP contribution in [0.1, 0.15) is 11.7 Å². The summed E-state index contributed by atoms with van der Waals surface area (Å²) in [5.74, 6) is 0. The van der Waals surface area contributed by atoms with Crippen LogP contribution in [0.4, 0.5) is 0 Å². The summed E-state index contributed by atoms with van der Waals surface area (Å²) >= 11 is 0. The fourth-order valence-corrected chi connectivity index (χ4v) is 3.51. The lowest BCUT2D eigenvalue weighted by Crippen LogP contribution is -2.61.